The van der Waals surface area contributed by atoms with Gasteiger partial charge < -0.3 is 38.5 Å². The molecule has 3 aromatic heterocycles. The molecule has 1 amide bonds. The predicted molar refractivity (Wildman–Crippen MR) is 297 cm³/mol. The van der Waals surface area contributed by atoms with E-state index in [1.165, 1.54) is 146 Å². The van der Waals surface area contributed by atoms with E-state index in [1.807, 2.05) is 0 Å². The standard InChI is InChI=1S/C10H7ClFNO.C10H7F2NO.C10H8FN3O2.C10H8FNO2.C10H9FO3.C8H7FO2/c1-14-9-4-6-2-3-13-10(11)7(6)5-8(9)12;1-14-9-4-6-2-3-13-10(12)7(6)5-8(9)11;1-16-9-6-7(2-4-8(9)11)3-5-10(15)13-14-12;1-14-9-4-6-2-3-12-10(13)7(6)5-8(9)11;1-14-9-6-7(2-4-8(9)11)3-5-10(12)13;1-11-8-4-6(5-10)2-3-7(8)9/h2*2-5H,1H3;2-6H,1H3;2-5H,1H3,(H,12,13);2-6H,1H3,(H,12,13);2-5H,1H3/b;;5-3+;;5-3+;. The van der Waals surface area contributed by atoms with E-state index in [0.29, 0.717) is 49.7 Å². The number of hydrogen-bond donors (Lipinski definition) is 2. The first-order valence-electron chi connectivity index (χ1n) is 23.3. The van der Waals surface area contributed by atoms with E-state index < -0.39 is 52.7 Å². The molecular weight excluding hydrogens is 1130 g/mol. The zero-order chi connectivity index (χ0) is 61.2. The van der Waals surface area contributed by atoms with Gasteiger partial charge in [-0.05, 0) is 147 Å². The van der Waals surface area contributed by atoms with Crippen LogP contribution in [0.3, 0.4) is 0 Å². The van der Waals surface area contributed by atoms with Crippen LogP contribution in [0.4, 0.5) is 30.7 Å². The van der Waals surface area contributed by atoms with Gasteiger partial charge in [0.25, 0.3) is 5.56 Å². The number of aromatic nitrogens is 3. The molecule has 3 heterocycles. The first-order chi connectivity index (χ1) is 39.7. The first kappa shape index (κ1) is 65.1. The van der Waals surface area contributed by atoms with Crippen molar-refractivity contribution >= 4 is 74.2 Å². The third kappa shape index (κ3) is 19.4. The molecule has 430 valence electrons. The molecule has 0 aliphatic rings. The molecule has 2 N–H and O–H groups in total. The number of halogens is 8. The van der Waals surface area contributed by atoms with Crippen LogP contribution in [0.25, 0.3) is 54.9 Å². The molecule has 6 aromatic carbocycles. The number of aliphatic carboxylic acids is 1. The molecule has 83 heavy (non-hydrogen) atoms. The highest BCUT2D eigenvalue weighted by atomic mass is 35.5. The number of hydrogen-bond acceptors (Lipinski definition) is 12. The normalized spacial score (nSPS) is 10.2. The van der Waals surface area contributed by atoms with Gasteiger partial charge in [-0.2, -0.15) is 4.39 Å². The van der Waals surface area contributed by atoms with Crippen molar-refractivity contribution in [3.8, 4) is 34.5 Å². The quantitative estimate of drug-likeness (QED) is 0.0233. The summed E-state index contributed by atoms with van der Waals surface area (Å²) >= 11 is 5.81. The predicted octanol–water partition coefficient (Wildman–Crippen LogP) is 13.5. The fourth-order valence-corrected chi connectivity index (χ4v) is 6.88. The van der Waals surface area contributed by atoms with Gasteiger partial charge in [-0.15, -0.1) is 0 Å². The van der Waals surface area contributed by atoms with Gasteiger partial charge in [0.2, 0.25) is 11.9 Å². The van der Waals surface area contributed by atoms with Crippen LogP contribution in [0.1, 0.15) is 21.5 Å². The molecule has 0 atom stereocenters. The van der Waals surface area contributed by atoms with E-state index in [4.69, 9.17) is 45.9 Å². The summed E-state index contributed by atoms with van der Waals surface area (Å²) in [5.74, 6) is -4.70. The van der Waals surface area contributed by atoms with Gasteiger partial charge in [0.15, 0.2) is 69.4 Å². The molecule has 0 saturated heterocycles. The van der Waals surface area contributed by atoms with Crippen LogP contribution in [0.2, 0.25) is 5.15 Å². The molecule has 9 aromatic rings. The van der Waals surface area contributed by atoms with Crippen molar-refractivity contribution in [1.82, 2.24) is 15.0 Å². The highest BCUT2D eigenvalue weighted by Crippen LogP contribution is 2.29. The number of aldehydes is 1. The Labute approximate surface area is 472 Å². The Hall–Kier alpha value is -10.5. The minimum atomic E-state index is -1.05. The second-order valence-electron chi connectivity index (χ2n) is 15.8. The highest BCUT2D eigenvalue weighted by molar-refractivity contribution is 6.34. The molecular formula is C58H46ClF7N6O11. The molecule has 0 aliphatic heterocycles. The summed E-state index contributed by atoms with van der Waals surface area (Å²) in [5.41, 5.74) is 9.23. The van der Waals surface area contributed by atoms with Crippen LogP contribution in [-0.2, 0) is 9.59 Å². The van der Waals surface area contributed by atoms with Crippen LogP contribution in [0.5, 0.6) is 34.5 Å². The van der Waals surface area contributed by atoms with Crippen molar-refractivity contribution in [3.63, 3.8) is 0 Å². The molecule has 25 heteroatoms. The Bertz CT molecular complexity index is 3830. The number of ether oxygens (including phenoxy) is 6. The Balaban J connectivity index is 0.000000214. The number of carboxylic acid groups (broad SMARTS) is 1. The van der Waals surface area contributed by atoms with E-state index in [1.54, 1.807) is 30.5 Å². The number of carbonyl (C=O) groups is 3. The molecule has 17 nitrogen and oxygen atoms in total. The number of nitrogens with zero attached hydrogens (tertiary/aromatic N) is 5. The van der Waals surface area contributed by atoms with E-state index in [0.717, 1.165) is 23.6 Å². The Kier molecular flexibility index (Phi) is 25.5. The first-order valence-corrected chi connectivity index (χ1v) is 23.7. The summed E-state index contributed by atoms with van der Waals surface area (Å²) in [6.07, 6.45) is 9.89. The van der Waals surface area contributed by atoms with E-state index in [2.05, 4.69) is 29.7 Å². The monoisotopic (exact) mass is 1170 g/mol. The lowest BCUT2D eigenvalue weighted by molar-refractivity contribution is -0.131. The number of aromatic amines is 1. The molecule has 0 bridgehead atoms. The minimum absolute atomic E-state index is 0.0818. The number of benzene rings is 6. The minimum Gasteiger partial charge on any atom is -0.494 e. The zero-order valence-electron chi connectivity index (χ0n) is 44.3. The Morgan fingerprint density at radius 2 is 0.940 bits per heavy atom. The molecule has 0 saturated carbocycles. The van der Waals surface area contributed by atoms with Gasteiger partial charge in [0.1, 0.15) is 11.4 Å². The second-order valence-corrected chi connectivity index (χ2v) is 16.2. The molecule has 0 aliphatic carbocycles. The number of methoxy groups -OCH3 is 6. The largest absolute Gasteiger partial charge is 0.494 e. The van der Waals surface area contributed by atoms with E-state index in [9.17, 15) is 49.9 Å². The van der Waals surface area contributed by atoms with Gasteiger partial charge >= 0.3 is 5.97 Å². The lowest BCUT2D eigenvalue weighted by Crippen LogP contribution is -2.05. The van der Waals surface area contributed by atoms with Crippen LogP contribution < -0.4 is 34.0 Å². The van der Waals surface area contributed by atoms with Crippen molar-refractivity contribution in [2.24, 2.45) is 5.11 Å². The van der Waals surface area contributed by atoms with Gasteiger partial charge in [-0.1, -0.05) is 29.8 Å². The van der Waals surface area contributed by atoms with Crippen molar-refractivity contribution in [2.45, 2.75) is 0 Å². The molecule has 0 fully saturated rings. The molecule has 0 unspecified atom stereocenters. The summed E-state index contributed by atoms with van der Waals surface area (Å²) in [7, 11) is 8.22. The fraction of sp³-hybridized carbons (Fsp3) is 0.103. The third-order valence-corrected chi connectivity index (χ3v) is 11.0. The summed E-state index contributed by atoms with van der Waals surface area (Å²) in [4.78, 5) is 54.6. The van der Waals surface area contributed by atoms with Crippen LogP contribution in [0.15, 0.2) is 150 Å². The summed E-state index contributed by atoms with van der Waals surface area (Å²) in [6, 6.07) is 25.3. The van der Waals surface area contributed by atoms with E-state index in [-0.39, 0.29) is 45.4 Å². The lowest BCUT2D eigenvalue weighted by atomic mass is 10.1. The van der Waals surface area contributed by atoms with Crippen molar-refractivity contribution in [1.29, 1.82) is 0 Å². The van der Waals surface area contributed by atoms with Crippen LogP contribution in [0, 0.1) is 40.9 Å². The SMILES string of the molecule is COc1cc(/C=C/C(=O)N=[N+]=[N-])ccc1F.COc1cc(/C=C/C(=O)O)ccc1F.COc1cc(C=O)ccc1F.COc1cc2cc[nH]c(=O)c2cc1F.COc1cc2ccnc(Cl)c2cc1F.COc1cc2ccnc(F)c2cc1F. The third-order valence-electron chi connectivity index (χ3n) is 10.7. The van der Waals surface area contributed by atoms with Gasteiger partial charge in [-0.3, -0.25) is 14.4 Å². The smallest absolute Gasteiger partial charge is 0.328 e. The number of nitrogens with one attached hydrogen (secondary N) is 1. The molecule has 9 rings (SSSR count). The van der Waals surface area contributed by atoms with Gasteiger partial charge in [-0.25, -0.2) is 41.1 Å². The maximum atomic E-state index is 13.3. The number of carbonyl (C=O) groups excluding carboxylic acids is 2. The van der Waals surface area contributed by atoms with Crippen molar-refractivity contribution in [2.75, 3.05) is 42.7 Å². The van der Waals surface area contributed by atoms with E-state index >= 15 is 0 Å². The summed E-state index contributed by atoms with van der Waals surface area (Å²) in [6.45, 7) is 0. The maximum Gasteiger partial charge on any atom is 0.328 e. The van der Waals surface area contributed by atoms with Crippen molar-refractivity contribution in [3.05, 3.63) is 223 Å². The summed E-state index contributed by atoms with van der Waals surface area (Å²) in [5, 5.41) is 14.6. The number of pyridine rings is 3. The fourth-order valence-electron chi connectivity index (χ4n) is 6.66. The number of rotatable bonds is 11. The highest BCUT2D eigenvalue weighted by Gasteiger charge is 2.11. The molecule has 0 spiro atoms. The topological polar surface area (TPSA) is 234 Å². The number of azide groups is 1. The Morgan fingerprint density at radius 1 is 0.542 bits per heavy atom. The number of H-pyrrole nitrogens is 1. The van der Waals surface area contributed by atoms with Crippen LogP contribution >= 0.6 is 11.6 Å². The zero-order valence-corrected chi connectivity index (χ0v) is 45.1. The maximum absolute atomic E-state index is 13.3. The van der Waals surface area contributed by atoms with Gasteiger partial charge in [0.05, 0.1) is 48.0 Å². The van der Waals surface area contributed by atoms with Crippen LogP contribution in [-0.4, -0.2) is 80.9 Å². The second kappa shape index (κ2) is 32.6. The van der Waals surface area contributed by atoms with Crippen molar-refractivity contribution < 1.29 is 78.6 Å². The number of amides is 1. The average Bonchev–Trinajstić information content (AvgIpc) is 3.69. The Morgan fingerprint density at radius 3 is 1.40 bits per heavy atom. The number of fused-ring (bicyclic) bond motifs is 3. The number of carboxylic acids is 1. The van der Waals surface area contributed by atoms with Gasteiger partial charge in [0, 0.05) is 45.9 Å². The summed E-state index contributed by atoms with van der Waals surface area (Å²) < 4.78 is 120. The lowest BCUT2D eigenvalue weighted by Gasteiger charge is -2.04. The molecule has 0 radical (unpaired) electrons. The average molecular weight is 1170 g/mol.